The average Bonchev–Trinajstić information content (AvgIpc) is 3.76. The highest BCUT2D eigenvalue weighted by atomic mass is 32.2. The van der Waals surface area contributed by atoms with Crippen LogP contribution in [-0.2, 0) is 26.9 Å². The molecule has 0 spiro atoms. The topological polar surface area (TPSA) is 107 Å². The second-order valence-corrected chi connectivity index (χ2v) is 14.0. The van der Waals surface area contributed by atoms with Crippen molar-refractivity contribution in [3.05, 3.63) is 83.2 Å². The summed E-state index contributed by atoms with van der Waals surface area (Å²) in [6.07, 6.45) is 2.25. The first-order valence-electron chi connectivity index (χ1n) is 13.4. The molecule has 1 heterocycles. The van der Waals surface area contributed by atoms with Gasteiger partial charge in [-0.25, -0.2) is 12.8 Å². The molecule has 214 valence electrons. The predicted molar refractivity (Wildman–Crippen MR) is 153 cm³/mol. The molecule has 40 heavy (non-hydrogen) atoms. The van der Waals surface area contributed by atoms with Crippen molar-refractivity contribution in [2.75, 3.05) is 32.8 Å². The third kappa shape index (κ3) is 6.82. The Bertz CT molecular complexity index is 1500. The van der Waals surface area contributed by atoms with E-state index in [4.69, 9.17) is 4.74 Å². The first-order chi connectivity index (χ1) is 19.0. The molecule has 0 radical (unpaired) electrons. The Labute approximate surface area is 234 Å². The van der Waals surface area contributed by atoms with Gasteiger partial charge in [0.2, 0.25) is 10.0 Å². The number of piperazine rings is 1. The van der Waals surface area contributed by atoms with Gasteiger partial charge in [0.15, 0.2) is 0 Å². The zero-order valence-corrected chi connectivity index (χ0v) is 24.1. The summed E-state index contributed by atoms with van der Waals surface area (Å²) in [5.41, 5.74) is 4.83. The molecule has 2 N–H and O–H groups in total. The van der Waals surface area contributed by atoms with Crippen LogP contribution >= 0.6 is 7.60 Å². The van der Waals surface area contributed by atoms with Crippen molar-refractivity contribution in [2.45, 2.75) is 38.0 Å². The summed E-state index contributed by atoms with van der Waals surface area (Å²) < 4.78 is 58.6. The first kappa shape index (κ1) is 28.9. The van der Waals surface area contributed by atoms with Gasteiger partial charge in [0, 0.05) is 38.3 Å². The van der Waals surface area contributed by atoms with Gasteiger partial charge in [-0.1, -0.05) is 24.3 Å². The number of ether oxygens (including phenoxy) is 1. The summed E-state index contributed by atoms with van der Waals surface area (Å²) in [5.74, 6) is 0.781. The van der Waals surface area contributed by atoms with E-state index in [1.807, 2.05) is 6.92 Å². The SMILES string of the molecule is CCOc1cc(-c2ccc(F)cc2)c(C2CC2)cc1CN1CCN(S(=O)(=O)Cc2ccc(P(=O)(O)O)cc2)CC1. The second kappa shape index (κ2) is 11.7. The number of sulfonamides is 1. The van der Waals surface area contributed by atoms with Gasteiger partial charge >= 0.3 is 7.60 Å². The zero-order valence-electron chi connectivity index (χ0n) is 22.4. The maximum absolute atomic E-state index is 13.6. The molecule has 3 aromatic rings. The van der Waals surface area contributed by atoms with Crippen LogP contribution in [0.2, 0.25) is 0 Å². The van der Waals surface area contributed by atoms with Crippen LogP contribution in [-0.4, -0.2) is 60.2 Å². The molecule has 3 aromatic carbocycles. The van der Waals surface area contributed by atoms with Crippen molar-refractivity contribution in [1.29, 1.82) is 0 Å². The quantitative estimate of drug-likeness (QED) is 0.342. The largest absolute Gasteiger partial charge is 0.494 e. The van der Waals surface area contributed by atoms with Gasteiger partial charge < -0.3 is 14.5 Å². The highest BCUT2D eigenvalue weighted by Gasteiger charge is 2.30. The van der Waals surface area contributed by atoms with Crippen molar-refractivity contribution >= 4 is 22.9 Å². The molecule has 1 aliphatic carbocycles. The van der Waals surface area contributed by atoms with Crippen LogP contribution < -0.4 is 10.0 Å². The molecule has 8 nitrogen and oxygen atoms in total. The van der Waals surface area contributed by atoms with Crippen LogP contribution in [0.4, 0.5) is 4.39 Å². The molecule has 2 aliphatic rings. The summed E-state index contributed by atoms with van der Waals surface area (Å²) in [6, 6.07) is 16.3. The number of benzene rings is 3. The van der Waals surface area contributed by atoms with Crippen molar-refractivity contribution < 1.29 is 31.9 Å². The highest BCUT2D eigenvalue weighted by Crippen LogP contribution is 2.46. The van der Waals surface area contributed by atoms with E-state index in [1.54, 1.807) is 12.1 Å². The Morgan fingerprint density at radius 1 is 0.975 bits per heavy atom. The smallest absolute Gasteiger partial charge is 0.356 e. The maximum Gasteiger partial charge on any atom is 0.356 e. The van der Waals surface area contributed by atoms with E-state index < -0.39 is 17.6 Å². The van der Waals surface area contributed by atoms with E-state index >= 15 is 0 Å². The lowest BCUT2D eigenvalue weighted by atomic mass is 9.93. The molecule has 11 heteroatoms. The van der Waals surface area contributed by atoms with Gasteiger partial charge in [-0.05, 0) is 84.3 Å². The monoisotopic (exact) mass is 588 g/mol. The lowest BCUT2D eigenvalue weighted by Crippen LogP contribution is -2.48. The Balaban J connectivity index is 1.28. The van der Waals surface area contributed by atoms with Gasteiger partial charge in [0.05, 0.1) is 17.7 Å². The summed E-state index contributed by atoms with van der Waals surface area (Å²) in [4.78, 5) is 20.8. The summed E-state index contributed by atoms with van der Waals surface area (Å²) in [6.45, 7) is 4.95. The number of rotatable bonds is 10. The minimum absolute atomic E-state index is 0.135. The van der Waals surface area contributed by atoms with Gasteiger partial charge in [0.25, 0.3) is 0 Å². The van der Waals surface area contributed by atoms with Gasteiger partial charge in [-0.2, -0.15) is 4.31 Å². The molecule has 1 saturated carbocycles. The zero-order chi connectivity index (χ0) is 28.5. The number of hydrogen-bond acceptors (Lipinski definition) is 5. The predicted octanol–water partition coefficient (Wildman–Crippen LogP) is 4.22. The van der Waals surface area contributed by atoms with E-state index in [-0.39, 0.29) is 16.9 Å². The minimum atomic E-state index is -4.37. The molecule has 2 fully saturated rings. The first-order valence-corrected chi connectivity index (χ1v) is 16.7. The van der Waals surface area contributed by atoms with E-state index in [2.05, 4.69) is 17.0 Å². The highest BCUT2D eigenvalue weighted by molar-refractivity contribution is 7.88. The van der Waals surface area contributed by atoms with Crippen molar-refractivity contribution in [2.24, 2.45) is 0 Å². The molecular weight excluding hydrogens is 554 g/mol. The normalized spacial score (nSPS) is 17.2. The third-order valence-electron chi connectivity index (χ3n) is 7.45. The lowest BCUT2D eigenvalue weighted by molar-refractivity contribution is 0.179. The summed E-state index contributed by atoms with van der Waals surface area (Å²) in [7, 11) is -7.96. The fourth-order valence-electron chi connectivity index (χ4n) is 5.16. The standard InChI is InChI=1S/C29H34FN2O6PS/c1-2-38-29-18-28(23-7-9-25(30)10-8-23)27(22-5-6-22)17-24(29)19-31-13-15-32(16-14-31)40(36,37)20-21-3-11-26(12-4-21)39(33,34)35/h3-4,7-12,17-18,22H,2,5-6,13-16,19-20H2,1H3,(H2,33,34,35). The molecule has 0 unspecified atom stereocenters. The van der Waals surface area contributed by atoms with Crippen molar-refractivity contribution in [3.8, 4) is 16.9 Å². The Morgan fingerprint density at radius 3 is 2.20 bits per heavy atom. The Kier molecular flexibility index (Phi) is 8.47. The summed E-state index contributed by atoms with van der Waals surface area (Å²) in [5, 5.41) is -0.135. The maximum atomic E-state index is 13.6. The molecule has 0 bridgehead atoms. The van der Waals surface area contributed by atoms with Gasteiger partial charge in [-0.3, -0.25) is 9.46 Å². The molecule has 1 saturated heterocycles. The van der Waals surface area contributed by atoms with Crippen molar-refractivity contribution in [3.63, 3.8) is 0 Å². The number of nitrogens with zero attached hydrogens (tertiary/aromatic N) is 2. The lowest BCUT2D eigenvalue weighted by Gasteiger charge is -2.34. The molecule has 0 aromatic heterocycles. The Hall–Kier alpha value is -2.59. The van der Waals surface area contributed by atoms with E-state index in [0.29, 0.717) is 50.8 Å². The molecule has 5 rings (SSSR count). The van der Waals surface area contributed by atoms with Crippen LogP contribution in [0.5, 0.6) is 5.75 Å². The molecule has 1 aliphatic heterocycles. The number of hydrogen-bond donors (Lipinski definition) is 2. The summed E-state index contributed by atoms with van der Waals surface area (Å²) >= 11 is 0. The van der Waals surface area contributed by atoms with Crippen LogP contribution in [0.15, 0.2) is 60.7 Å². The minimum Gasteiger partial charge on any atom is -0.494 e. The van der Waals surface area contributed by atoms with Crippen molar-refractivity contribution in [1.82, 2.24) is 9.21 Å². The molecular formula is C29H34FN2O6PS. The average molecular weight is 589 g/mol. The van der Waals surface area contributed by atoms with E-state index in [0.717, 1.165) is 35.3 Å². The van der Waals surface area contributed by atoms with E-state index in [9.17, 15) is 27.2 Å². The van der Waals surface area contributed by atoms with Crippen LogP contribution in [0, 0.1) is 5.82 Å². The van der Waals surface area contributed by atoms with E-state index in [1.165, 1.54) is 46.3 Å². The fraction of sp³-hybridized carbons (Fsp3) is 0.379. The van der Waals surface area contributed by atoms with Crippen LogP contribution in [0.3, 0.4) is 0 Å². The van der Waals surface area contributed by atoms with Crippen LogP contribution in [0.25, 0.3) is 11.1 Å². The number of halogens is 1. The van der Waals surface area contributed by atoms with Crippen LogP contribution in [0.1, 0.15) is 42.4 Å². The molecule has 0 atom stereocenters. The molecule has 0 amide bonds. The fourth-order valence-corrected chi connectivity index (χ4v) is 7.22. The third-order valence-corrected chi connectivity index (χ3v) is 10.3. The van der Waals surface area contributed by atoms with Gasteiger partial charge in [0.1, 0.15) is 11.6 Å². The Morgan fingerprint density at radius 2 is 1.62 bits per heavy atom. The van der Waals surface area contributed by atoms with Gasteiger partial charge in [-0.15, -0.1) is 0 Å². The second-order valence-electron chi connectivity index (χ2n) is 10.4.